The summed E-state index contributed by atoms with van der Waals surface area (Å²) in [4.78, 5) is 22.4. The van der Waals surface area contributed by atoms with Crippen molar-refractivity contribution in [2.75, 3.05) is 0 Å². The Labute approximate surface area is 43.6 Å². The van der Waals surface area contributed by atoms with E-state index >= 15 is 0 Å². The molecule has 7 heavy (non-hydrogen) atoms. The van der Waals surface area contributed by atoms with Gasteiger partial charge in [0.15, 0.2) is 0 Å². The molecule has 3 N–H and O–H groups in total. The van der Waals surface area contributed by atoms with Crippen molar-refractivity contribution in [1.82, 2.24) is 0 Å². The molecule has 0 fully saturated rings. The molecule has 4 nitrogen and oxygen atoms in total. The van der Waals surface area contributed by atoms with Crippen LogP contribution in [0.25, 0.3) is 0 Å². The third kappa shape index (κ3) is 10.7. The molecule has 0 saturated heterocycles. The molecule has 0 aliphatic rings. The van der Waals surface area contributed by atoms with Gasteiger partial charge in [-0.15, -0.1) is 0 Å². The molecular formula is H3FO4PSi. The van der Waals surface area contributed by atoms with Gasteiger partial charge in [0.1, 0.15) is 0 Å². The van der Waals surface area contributed by atoms with Gasteiger partial charge in [0.25, 0.3) is 0 Å². The fraction of sp³-hybridized carbons (Fsp3) is 0. The summed E-state index contributed by atoms with van der Waals surface area (Å²) >= 11 is 0. The summed E-state index contributed by atoms with van der Waals surface area (Å²) in [7, 11) is -4.80. The van der Waals surface area contributed by atoms with Crippen LogP contribution < -0.4 is 0 Å². The van der Waals surface area contributed by atoms with Gasteiger partial charge in [-0.2, -0.15) is 4.63 Å². The van der Waals surface area contributed by atoms with Crippen LogP contribution in [0, 0.1) is 0 Å². The van der Waals surface area contributed by atoms with Gasteiger partial charge in [0.05, 0.1) is 0 Å². The average molecular weight is 145 g/mol. The molecule has 0 amide bonds. The van der Waals surface area contributed by atoms with E-state index in [-0.39, 0.29) is 9.90 Å². The second kappa shape index (κ2) is 3.42. The third-order valence-corrected chi connectivity index (χ3v) is 0.311. The molecule has 0 unspecified atom stereocenters. The van der Waals surface area contributed by atoms with Crippen LogP contribution in [0.15, 0.2) is 0 Å². The zero-order chi connectivity index (χ0) is 5.21. The molecule has 0 saturated carbocycles. The number of hydrogen-bond acceptors (Lipinski definition) is 4. The first kappa shape index (κ1) is 10.4. The normalized spacial score (nSPS) is 10.3. The van der Waals surface area contributed by atoms with E-state index in [0.717, 1.165) is 0 Å². The summed E-state index contributed by atoms with van der Waals surface area (Å²) in [6, 6.07) is 0. The molecule has 0 bridgehead atoms. The topological polar surface area (TPSA) is 69.9 Å². The zero-order valence-corrected chi connectivity index (χ0v) is 4.97. The van der Waals surface area contributed by atoms with Crippen LogP contribution in [0.1, 0.15) is 0 Å². The van der Waals surface area contributed by atoms with Crippen LogP contribution in [0.2, 0.25) is 0 Å². The van der Waals surface area contributed by atoms with Crippen LogP contribution in [-0.4, -0.2) is 23.4 Å². The molecule has 0 aliphatic heterocycles. The van der Waals surface area contributed by atoms with E-state index in [2.05, 4.69) is 4.63 Å². The van der Waals surface area contributed by atoms with Crippen molar-refractivity contribution in [3.63, 3.8) is 0 Å². The van der Waals surface area contributed by atoms with Crippen LogP contribution in [0.4, 0.5) is 4.53 Å². The van der Waals surface area contributed by atoms with Gasteiger partial charge < -0.3 is 14.4 Å². The maximum atomic E-state index is 10.3. The Morgan fingerprint density at radius 3 is 1.43 bits per heavy atom. The van der Waals surface area contributed by atoms with Crippen LogP contribution >= 0.6 is 9.90 Å². The van der Waals surface area contributed by atoms with Gasteiger partial charge in [0, 0.05) is 9.90 Å². The van der Waals surface area contributed by atoms with E-state index < -0.39 is 9.05 Å². The lowest BCUT2D eigenvalue weighted by Gasteiger charge is -1.96. The highest BCUT2D eigenvalue weighted by Gasteiger charge is 2.31. The molecule has 0 rings (SSSR count). The standard InChI is InChI=1S/FH3O4Si.P/c1-5-6(2,3)4;/h2-4H;. The van der Waals surface area contributed by atoms with E-state index in [0.29, 0.717) is 0 Å². The first-order valence-corrected chi connectivity index (χ1v) is 2.78. The van der Waals surface area contributed by atoms with Gasteiger partial charge in [-0.25, -0.2) is 0 Å². The molecule has 3 radical (unpaired) electrons. The second-order valence-electron chi connectivity index (χ2n) is 0.651. The Bertz CT molecular complexity index is 41.4. The summed E-state index contributed by atoms with van der Waals surface area (Å²) < 4.78 is 12.6. The van der Waals surface area contributed by atoms with Crippen LogP contribution in [0.3, 0.4) is 0 Å². The first-order chi connectivity index (χ1) is 2.56. The summed E-state index contributed by atoms with van der Waals surface area (Å²) in [5, 5.41) is 0. The van der Waals surface area contributed by atoms with Crippen molar-refractivity contribution >= 4 is 18.9 Å². The van der Waals surface area contributed by atoms with Gasteiger partial charge in [-0.3, -0.25) is 0 Å². The lowest BCUT2D eigenvalue weighted by Crippen LogP contribution is -2.35. The SMILES string of the molecule is O[Si](O)(O)OF.[P]. The summed E-state index contributed by atoms with van der Waals surface area (Å²) in [6.07, 6.45) is 0. The minimum atomic E-state index is -4.80. The largest absolute Gasteiger partial charge is 0.703 e. The predicted octanol–water partition coefficient (Wildman–Crippen LogP) is -0.839. The molecule has 43 valence electrons. The van der Waals surface area contributed by atoms with Crippen LogP contribution in [0.5, 0.6) is 0 Å². The van der Waals surface area contributed by atoms with E-state index in [1.807, 2.05) is 0 Å². The minimum absolute atomic E-state index is 0. The summed E-state index contributed by atoms with van der Waals surface area (Å²) in [5.74, 6) is 0. The van der Waals surface area contributed by atoms with Crippen molar-refractivity contribution < 1.29 is 23.5 Å². The van der Waals surface area contributed by atoms with Gasteiger partial charge in [-0.05, 0) is 0 Å². The molecule has 0 aromatic rings. The first-order valence-electron chi connectivity index (χ1n) is 1.03. The lowest BCUT2D eigenvalue weighted by atomic mass is 15.5. The molecular weight excluding hydrogens is 142 g/mol. The number of halogens is 1. The van der Waals surface area contributed by atoms with Gasteiger partial charge in [-0.1, -0.05) is 4.53 Å². The van der Waals surface area contributed by atoms with Gasteiger partial charge in [0.2, 0.25) is 0 Å². The average Bonchev–Trinajstić information content (AvgIpc) is 1.35. The zero-order valence-electron chi connectivity index (χ0n) is 3.08. The van der Waals surface area contributed by atoms with E-state index in [1.165, 1.54) is 0 Å². The molecule has 0 aromatic carbocycles. The van der Waals surface area contributed by atoms with Crippen molar-refractivity contribution in [2.24, 2.45) is 0 Å². The van der Waals surface area contributed by atoms with Crippen molar-refractivity contribution in [2.45, 2.75) is 0 Å². The maximum absolute atomic E-state index is 10.3. The molecule has 7 heteroatoms. The van der Waals surface area contributed by atoms with Crippen molar-refractivity contribution in [1.29, 1.82) is 0 Å². The van der Waals surface area contributed by atoms with Crippen LogP contribution in [-0.2, 0) is 4.63 Å². The molecule has 0 aliphatic carbocycles. The fourth-order valence-electron chi connectivity index (χ4n) is 0. The molecule has 0 spiro atoms. The van der Waals surface area contributed by atoms with Crippen molar-refractivity contribution in [3.05, 3.63) is 0 Å². The second-order valence-corrected chi connectivity index (χ2v) is 1.95. The molecule has 0 aromatic heterocycles. The summed E-state index contributed by atoms with van der Waals surface area (Å²) in [5.41, 5.74) is 0. The Hall–Kier alpha value is 0.417. The Morgan fingerprint density at radius 1 is 1.29 bits per heavy atom. The highest BCUT2D eigenvalue weighted by Crippen LogP contribution is 1.85. The molecule has 0 atom stereocenters. The third-order valence-electron chi connectivity index (χ3n) is 0.104. The smallest absolute Gasteiger partial charge is 0.366 e. The molecule has 0 heterocycles. The number of rotatable bonds is 1. The predicted molar refractivity (Wildman–Crippen MR) is 21.5 cm³/mol. The highest BCUT2D eigenvalue weighted by atomic mass is 31.0. The van der Waals surface area contributed by atoms with Gasteiger partial charge >= 0.3 is 9.05 Å². The fourth-order valence-corrected chi connectivity index (χ4v) is 0. The Morgan fingerprint density at radius 2 is 1.43 bits per heavy atom. The number of hydrogen-bond donors (Lipinski definition) is 3. The highest BCUT2D eigenvalue weighted by molar-refractivity contribution is 6.92. The maximum Gasteiger partial charge on any atom is 0.703 e. The monoisotopic (exact) mass is 145 g/mol. The summed E-state index contributed by atoms with van der Waals surface area (Å²) in [6.45, 7) is 0. The minimum Gasteiger partial charge on any atom is -0.366 e. The van der Waals surface area contributed by atoms with Crippen molar-refractivity contribution in [3.8, 4) is 0 Å². The van der Waals surface area contributed by atoms with E-state index in [4.69, 9.17) is 14.4 Å². The van der Waals surface area contributed by atoms with E-state index in [9.17, 15) is 4.53 Å². The Balaban J connectivity index is 0. The quantitative estimate of drug-likeness (QED) is 0.332. The lowest BCUT2D eigenvalue weighted by molar-refractivity contribution is -0.111. The van der Waals surface area contributed by atoms with E-state index in [1.54, 1.807) is 0 Å². The Kier molecular flexibility index (Phi) is 5.09.